The predicted octanol–water partition coefficient (Wildman–Crippen LogP) is 7.71. The molecule has 0 bridgehead atoms. The average molecular weight is 944 g/mol. The molecular weight excluding hydrogens is 882 g/mol. The maximum Gasteiger partial charge on any atom is 0.328 e. The second-order valence-electron chi connectivity index (χ2n) is 19.5. The lowest BCUT2D eigenvalue weighted by Crippen LogP contribution is -2.49. The van der Waals surface area contributed by atoms with E-state index < -0.39 is 18.0 Å². The number of β-amino-alcohol motifs (C(OH)–C–C–N with tert-alkyl or cyclic N) is 1. The fourth-order valence-corrected chi connectivity index (χ4v) is 10.4. The van der Waals surface area contributed by atoms with Crippen LogP contribution in [0.15, 0.2) is 67.0 Å². The number of urea groups is 2. The molecule has 0 aliphatic carbocycles. The van der Waals surface area contributed by atoms with Crippen molar-refractivity contribution >= 4 is 46.3 Å². The van der Waals surface area contributed by atoms with Crippen LogP contribution in [-0.2, 0) is 4.79 Å². The van der Waals surface area contributed by atoms with Crippen molar-refractivity contribution in [2.24, 2.45) is 23.7 Å². The number of aliphatic hydroxyl groups is 1. The summed E-state index contributed by atoms with van der Waals surface area (Å²) >= 11 is 0. The van der Waals surface area contributed by atoms with E-state index in [9.17, 15) is 24.3 Å². The number of imide groups is 1. The number of aliphatic hydroxyl groups excluding tert-OH is 1. The van der Waals surface area contributed by atoms with Gasteiger partial charge in [-0.3, -0.25) is 19.8 Å². The second-order valence-corrected chi connectivity index (χ2v) is 19.5. The minimum Gasteiger partial charge on any atom is -0.495 e. The third kappa shape index (κ3) is 10.7. The summed E-state index contributed by atoms with van der Waals surface area (Å²) in [6.07, 6.45) is 5.82. The van der Waals surface area contributed by atoms with Crippen molar-refractivity contribution in [3.8, 4) is 34.0 Å². The van der Waals surface area contributed by atoms with Crippen LogP contribution >= 0.6 is 0 Å². The number of halogens is 1. The lowest BCUT2D eigenvalue weighted by molar-refractivity contribution is -0.120. The molecular formula is C52H62FN9O7. The molecule has 2 unspecified atom stereocenters. The number of H-pyrrole nitrogens is 1. The number of aromatic nitrogens is 3. The number of ether oxygens (including phenoxy) is 2. The third-order valence-electron chi connectivity index (χ3n) is 14.3. The first-order valence-electron chi connectivity index (χ1n) is 24.2. The van der Waals surface area contributed by atoms with Gasteiger partial charge in [-0.2, -0.15) is 0 Å². The van der Waals surface area contributed by atoms with E-state index in [0.717, 1.165) is 74.1 Å². The standard InChI is InChI=1S/C52H62FN9O7/c1-31(2)21-37-27-61(28-45(37)63)51(66)57-42-24-38(53)23-40(32(42)3)48-41-25-43(56-49(41)55-30-54-48)35-5-8-39(9-6-35)69-29-34-11-16-59(17-12-34)26-33-13-18-60(19-14-33)50(65)36-7-10-46(68-4)44(22-36)62-20-15-47(64)58-52(62)67/h5-10,22-25,30-31,33-34,37,45,63H,11-21,26-29H2,1-4H3,(H,57,66)(H,54,55,56)(H,58,64,67). The van der Waals surface area contributed by atoms with Gasteiger partial charge in [-0.05, 0) is 142 Å². The van der Waals surface area contributed by atoms with Crippen LogP contribution in [0.3, 0.4) is 0 Å². The van der Waals surface area contributed by atoms with E-state index in [1.165, 1.54) is 30.5 Å². The first-order valence-corrected chi connectivity index (χ1v) is 24.2. The molecule has 69 heavy (non-hydrogen) atoms. The lowest BCUT2D eigenvalue weighted by Gasteiger charge is -2.37. The first kappa shape index (κ1) is 47.5. The molecule has 6 heterocycles. The van der Waals surface area contributed by atoms with Crippen LogP contribution in [0.4, 0.5) is 25.4 Å². The molecule has 17 heteroatoms. The van der Waals surface area contributed by atoms with Gasteiger partial charge in [0, 0.05) is 79.5 Å². The summed E-state index contributed by atoms with van der Waals surface area (Å²) < 4.78 is 27.0. The van der Waals surface area contributed by atoms with E-state index in [1.807, 2.05) is 42.2 Å². The second kappa shape index (κ2) is 20.6. The number of carbonyl (C=O) groups excluding carboxylic acids is 4. The van der Waals surface area contributed by atoms with E-state index in [2.05, 4.69) is 44.3 Å². The molecule has 0 spiro atoms. The van der Waals surface area contributed by atoms with Crippen molar-refractivity contribution in [1.82, 2.24) is 35.0 Å². The Kier molecular flexibility index (Phi) is 14.1. The smallest absolute Gasteiger partial charge is 0.328 e. The highest BCUT2D eigenvalue weighted by atomic mass is 19.1. The molecule has 2 atom stereocenters. The van der Waals surface area contributed by atoms with Crippen molar-refractivity contribution in [2.45, 2.75) is 65.4 Å². The maximum atomic E-state index is 15.2. The summed E-state index contributed by atoms with van der Waals surface area (Å²) in [4.78, 5) is 71.1. The minimum absolute atomic E-state index is 0.00645. The Morgan fingerprint density at radius 3 is 2.39 bits per heavy atom. The van der Waals surface area contributed by atoms with Crippen LogP contribution in [0.25, 0.3) is 33.5 Å². The number of piperidine rings is 2. The molecule has 2 aromatic heterocycles. The van der Waals surface area contributed by atoms with Crippen LogP contribution < -0.4 is 25.0 Å². The third-order valence-corrected chi connectivity index (χ3v) is 14.3. The number of nitrogens with zero attached hydrogens (tertiary/aromatic N) is 6. The van der Waals surface area contributed by atoms with Crippen molar-refractivity contribution < 1.29 is 38.1 Å². The van der Waals surface area contributed by atoms with E-state index in [-0.39, 0.29) is 43.3 Å². The highest BCUT2D eigenvalue weighted by Crippen LogP contribution is 2.37. The fourth-order valence-electron chi connectivity index (χ4n) is 10.4. The van der Waals surface area contributed by atoms with Crippen molar-refractivity contribution in [2.75, 3.05) is 76.3 Å². The molecule has 0 radical (unpaired) electrons. The van der Waals surface area contributed by atoms with Gasteiger partial charge in [0.15, 0.2) is 0 Å². The molecule has 6 amide bonds. The Morgan fingerprint density at radius 1 is 0.913 bits per heavy atom. The average Bonchev–Trinajstić information content (AvgIpc) is 3.95. The quantitative estimate of drug-likeness (QED) is 0.0912. The van der Waals surface area contributed by atoms with Gasteiger partial charge in [0.05, 0.1) is 31.2 Å². The largest absolute Gasteiger partial charge is 0.495 e. The molecule has 4 saturated heterocycles. The van der Waals surface area contributed by atoms with Crippen LogP contribution in [0, 0.1) is 36.4 Å². The highest BCUT2D eigenvalue weighted by Gasteiger charge is 2.35. The fraction of sp³-hybridized carbons (Fsp3) is 0.462. The zero-order chi connectivity index (χ0) is 48.3. The lowest BCUT2D eigenvalue weighted by atomic mass is 9.93. The summed E-state index contributed by atoms with van der Waals surface area (Å²) in [5, 5.41) is 16.5. The SMILES string of the molecule is COc1ccc(C(=O)N2CCC(CN3CCC(COc4ccc(-c5cc6c(-c7cc(F)cc(NC(=O)N8CC(O)C(CC(C)C)C8)c7C)ncnc6[nH]5)cc4)CC3)CC2)cc1N1CCC(=O)NC1=O. The molecule has 4 N–H and O–H groups in total. The molecule has 5 aromatic rings. The van der Waals surface area contributed by atoms with Crippen LogP contribution in [0.1, 0.15) is 68.3 Å². The van der Waals surface area contributed by atoms with Gasteiger partial charge in [-0.15, -0.1) is 0 Å². The summed E-state index contributed by atoms with van der Waals surface area (Å²) in [5.41, 5.74) is 5.42. The minimum atomic E-state index is -0.589. The monoisotopic (exact) mass is 943 g/mol. The zero-order valence-corrected chi connectivity index (χ0v) is 39.8. The Balaban J connectivity index is 0.745. The first-order chi connectivity index (χ1) is 33.3. The van der Waals surface area contributed by atoms with E-state index in [4.69, 9.17) is 9.47 Å². The molecule has 4 fully saturated rings. The van der Waals surface area contributed by atoms with Gasteiger partial charge in [0.2, 0.25) is 5.91 Å². The van der Waals surface area contributed by atoms with Gasteiger partial charge >= 0.3 is 12.1 Å². The van der Waals surface area contributed by atoms with Gasteiger partial charge < -0.3 is 39.6 Å². The van der Waals surface area contributed by atoms with Crippen molar-refractivity contribution in [3.63, 3.8) is 0 Å². The number of nitrogens with one attached hydrogen (secondary N) is 3. The number of amides is 6. The molecule has 16 nitrogen and oxygen atoms in total. The topological polar surface area (TPSA) is 186 Å². The summed E-state index contributed by atoms with van der Waals surface area (Å²) in [6.45, 7) is 11.9. The Bertz CT molecular complexity index is 2690. The predicted molar refractivity (Wildman–Crippen MR) is 261 cm³/mol. The summed E-state index contributed by atoms with van der Waals surface area (Å²) in [7, 11) is 1.52. The van der Waals surface area contributed by atoms with E-state index in [0.29, 0.717) is 89.2 Å². The Morgan fingerprint density at radius 2 is 1.67 bits per heavy atom. The van der Waals surface area contributed by atoms with Gasteiger partial charge in [-0.1, -0.05) is 13.8 Å². The number of rotatable bonds is 13. The number of methoxy groups -OCH3 is 1. The number of hydrogen-bond acceptors (Lipinski definition) is 10. The van der Waals surface area contributed by atoms with Crippen LogP contribution in [0.5, 0.6) is 11.5 Å². The molecule has 364 valence electrons. The van der Waals surface area contributed by atoms with Gasteiger partial charge in [0.25, 0.3) is 5.91 Å². The number of likely N-dealkylation sites (tertiary alicyclic amines) is 3. The van der Waals surface area contributed by atoms with Crippen LogP contribution in [-0.4, -0.2) is 131 Å². The highest BCUT2D eigenvalue weighted by molar-refractivity contribution is 6.07. The number of fused-ring (bicyclic) bond motifs is 1. The van der Waals surface area contributed by atoms with E-state index >= 15 is 4.39 Å². The number of hydrogen-bond donors (Lipinski definition) is 4. The molecule has 4 aliphatic heterocycles. The maximum absolute atomic E-state index is 15.2. The molecule has 0 saturated carbocycles. The van der Waals surface area contributed by atoms with Crippen molar-refractivity contribution in [3.05, 3.63) is 83.9 Å². The number of carbonyl (C=O) groups is 4. The van der Waals surface area contributed by atoms with Gasteiger partial charge in [-0.25, -0.2) is 23.9 Å². The number of benzene rings is 3. The zero-order valence-electron chi connectivity index (χ0n) is 39.8. The molecule has 3 aromatic carbocycles. The van der Waals surface area contributed by atoms with Gasteiger partial charge in [0.1, 0.15) is 29.3 Å². The summed E-state index contributed by atoms with van der Waals surface area (Å²) in [5.74, 6) is 1.72. The summed E-state index contributed by atoms with van der Waals surface area (Å²) in [6, 6.07) is 16.9. The van der Waals surface area contributed by atoms with E-state index in [1.54, 1.807) is 23.1 Å². The Labute approximate surface area is 401 Å². The Hall–Kier alpha value is -6.59. The molecule has 9 rings (SSSR count). The molecule has 4 aliphatic rings. The number of aromatic amines is 1. The van der Waals surface area contributed by atoms with Crippen molar-refractivity contribution in [1.29, 1.82) is 0 Å². The normalized spacial score (nSPS) is 19.7. The number of anilines is 2. The van der Waals surface area contributed by atoms with Crippen LogP contribution in [0.2, 0.25) is 0 Å².